The SMILES string of the molecule is Cn1cc(S(=O)(=O)N2CCC(N3CCCCC3)C2)cn1. The Morgan fingerprint density at radius 2 is 1.95 bits per heavy atom. The number of aryl methyl sites for hydroxylation is 1. The monoisotopic (exact) mass is 298 g/mol. The maximum Gasteiger partial charge on any atom is 0.246 e. The Labute approximate surface area is 120 Å². The molecule has 6 nitrogen and oxygen atoms in total. The number of piperidine rings is 1. The lowest BCUT2D eigenvalue weighted by Crippen LogP contribution is -2.41. The first kappa shape index (κ1) is 14.0. The van der Waals surface area contributed by atoms with E-state index in [-0.39, 0.29) is 0 Å². The molecule has 0 amide bonds. The molecule has 1 unspecified atom stereocenters. The molecule has 0 aromatic carbocycles. The molecular weight excluding hydrogens is 276 g/mol. The molecule has 0 bridgehead atoms. The van der Waals surface area contributed by atoms with Gasteiger partial charge in [0.05, 0.1) is 6.20 Å². The van der Waals surface area contributed by atoms with Crippen LogP contribution in [0, 0.1) is 0 Å². The fourth-order valence-electron chi connectivity index (χ4n) is 3.19. The van der Waals surface area contributed by atoms with Crippen LogP contribution in [-0.4, -0.2) is 59.6 Å². The Hall–Kier alpha value is -0.920. The van der Waals surface area contributed by atoms with Gasteiger partial charge in [0, 0.05) is 32.4 Å². The van der Waals surface area contributed by atoms with E-state index in [9.17, 15) is 8.42 Å². The van der Waals surface area contributed by atoms with Crippen LogP contribution < -0.4 is 0 Å². The maximum absolute atomic E-state index is 12.5. The van der Waals surface area contributed by atoms with E-state index >= 15 is 0 Å². The van der Waals surface area contributed by atoms with Crippen LogP contribution in [0.4, 0.5) is 0 Å². The molecule has 3 rings (SSSR count). The predicted octanol–water partition coefficient (Wildman–Crippen LogP) is 0.669. The van der Waals surface area contributed by atoms with Crippen molar-refractivity contribution in [3.8, 4) is 0 Å². The number of nitrogens with zero attached hydrogens (tertiary/aromatic N) is 4. The van der Waals surface area contributed by atoms with Crippen LogP contribution in [0.5, 0.6) is 0 Å². The van der Waals surface area contributed by atoms with Crippen molar-refractivity contribution < 1.29 is 8.42 Å². The summed E-state index contributed by atoms with van der Waals surface area (Å²) in [7, 11) is -1.63. The van der Waals surface area contributed by atoms with Gasteiger partial charge in [-0.05, 0) is 32.4 Å². The smallest absolute Gasteiger partial charge is 0.246 e. The van der Waals surface area contributed by atoms with Gasteiger partial charge in [-0.3, -0.25) is 9.58 Å². The van der Waals surface area contributed by atoms with Crippen LogP contribution in [0.1, 0.15) is 25.7 Å². The van der Waals surface area contributed by atoms with Crippen molar-refractivity contribution in [3.63, 3.8) is 0 Å². The second kappa shape index (κ2) is 5.46. The molecule has 0 spiro atoms. The van der Waals surface area contributed by atoms with E-state index in [2.05, 4.69) is 10.00 Å². The summed E-state index contributed by atoms with van der Waals surface area (Å²) in [4.78, 5) is 2.77. The van der Waals surface area contributed by atoms with Crippen LogP contribution in [0.25, 0.3) is 0 Å². The van der Waals surface area contributed by atoms with Crippen molar-refractivity contribution >= 4 is 10.0 Å². The Balaban J connectivity index is 1.70. The van der Waals surface area contributed by atoms with Crippen LogP contribution in [0.2, 0.25) is 0 Å². The van der Waals surface area contributed by atoms with Gasteiger partial charge in [0.1, 0.15) is 4.90 Å². The maximum atomic E-state index is 12.5. The molecule has 0 saturated carbocycles. The highest BCUT2D eigenvalue weighted by molar-refractivity contribution is 7.89. The second-order valence-corrected chi connectivity index (χ2v) is 7.69. The van der Waals surface area contributed by atoms with Gasteiger partial charge in [-0.2, -0.15) is 9.40 Å². The van der Waals surface area contributed by atoms with E-state index in [0.717, 1.165) is 19.5 Å². The van der Waals surface area contributed by atoms with Crippen molar-refractivity contribution in [2.45, 2.75) is 36.6 Å². The first-order valence-corrected chi connectivity index (χ1v) is 8.74. The van der Waals surface area contributed by atoms with Gasteiger partial charge in [-0.15, -0.1) is 0 Å². The van der Waals surface area contributed by atoms with E-state index in [1.165, 1.54) is 30.1 Å². The van der Waals surface area contributed by atoms with E-state index in [0.29, 0.717) is 24.0 Å². The van der Waals surface area contributed by atoms with Gasteiger partial charge in [-0.1, -0.05) is 6.42 Å². The largest absolute Gasteiger partial charge is 0.299 e. The standard InChI is InChI=1S/C13H22N4O2S/c1-15-11-13(9-14-15)20(18,19)17-8-5-12(10-17)16-6-3-2-4-7-16/h9,11-12H,2-8,10H2,1H3. The molecule has 1 aromatic heterocycles. The van der Waals surface area contributed by atoms with Crippen molar-refractivity contribution in [2.75, 3.05) is 26.2 Å². The molecule has 0 radical (unpaired) electrons. The minimum atomic E-state index is -3.37. The average Bonchev–Trinajstić information content (AvgIpc) is 3.09. The number of aromatic nitrogens is 2. The van der Waals surface area contributed by atoms with E-state index < -0.39 is 10.0 Å². The summed E-state index contributed by atoms with van der Waals surface area (Å²) >= 11 is 0. The van der Waals surface area contributed by atoms with Crippen LogP contribution in [0.15, 0.2) is 17.3 Å². The quantitative estimate of drug-likeness (QED) is 0.823. The van der Waals surface area contributed by atoms with Crippen LogP contribution >= 0.6 is 0 Å². The third kappa shape index (κ3) is 2.62. The molecule has 2 aliphatic rings. The molecule has 2 saturated heterocycles. The third-order valence-corrected chi connectivity index (χ3v) is 6.17. The lowest BCUT2D eigenvalue weighted by Gasteiger charge is -2.32. The lowest BCUT2D eigenvalue weighted by molar-refractivity contribution is 0.169. The first-order valence-electron chi connectivity index (χ1n) is 7.30. The topological polar surface area (TPSA) is 58.4 Å². The zero-order valence-electron chi connectivity index (χ0n) is 11.9. The summed E-state index contributed by atoms with van der Waals surface area (Å²) in [6, 6.07) is 0.391. The fourth-order valence-corrected chi connectivity index (χ4v) is 4.67. The van der Waals surface area contributed by atoms with Gasteiger partial charge in [0.15, 0.2) is 0 Å². The average molecular weight is 298 g/mol. The number of sulfonamides is 1. The normalized spacial score (nSPS) is 26.1. The summed E-state index contributed by atoms with van der Waals surface area (Å²) in [5.41, 5.74) is 0. The molecule has 1 aromatic rings. The van der Waals surface area contributed by atoms with E-state index in [1.54, 1.807) is 17.5 Å². The van der Waals surface area contributed by atoms with E-state index in [1.807, 2.05) is 0 Å². The Morgan fingerprint density at radius 3 is 2.60 bits per heavy atom. The third-order valence-electron chi connectivity index (χ3n) is 4.35. The van der Waals surface area contributed by atoms with Gasteiger partial charge < -0.3 is 0 Å². The first-order chi connectivity index (χ1) is 9.57. The van der Waals surface area contributed by atoms with Crippen molar-refractivity contribution in [2.24, 2.45) is 7.05 Å². The van der Waals surface area contributed by atoms with Gasteiger partial charge in [0.2, 0.25) is 10.0 Å². The number of hydrogen-bond donors (Lipinski definition) is 0. The number of likely N-dealkylation sites (tertiary alicyclic amines) is 1. The number of hydrogen-bond acceptors (Lipinski definition) is 4. The minimum Gasteiger partial charge on any atom is -0.299 e. The summed E-state index contributed by atoms with van der Waals surface area (Å²) in [5, 5.41) is 3.96. The minimum absolute atomic E-state index is 0.305. The zero-order valence-corrected chi connectivity index (χ0v) is 12.7. The highest BCUT2D eigenvalue weighted by Crippen LogP contribution is 2.25. The van der Waals surface area contributed by atoms with Crippen molar-refractivity contribution in [1.82, 2.24) is 19.0 Å². The Kier molecular flexibility index (Phi) is 3.83. The molecule has 0 aliphatic carbocycles. The summed E-state index contributed by atoms with van der Waals surface area (Å²) in [6.07, 6.45) is 7.74. The molecule has 2 aliphatic heterocycles. The molecule has 7 heteroatoms. The van der Waals surface area contributed by atoms with Crippen molar-refractivity contribution in [1.29, 1.82) is 0 Å². The van der Waals surface area contributed by atoms with Gasteiger partial charge in [0.25, 0.3) is 0 Å². The van der Waals surface area contributed by atoms with Gasteiger partial charge in [-0.25, -0.2) is 8.42 Å². The summed E-state index contributed by atoms with van der Waals surface area (Å²) in [5.74, 6) is 0. The van der Waals surface area contributed by atoms with Gasteiger partial charge >= 0.3 is 0 Å². The Bertz CT molecular complexity index is 563. The lowest BCUT2D eigenvalue weighted by atomic mass is 10.1. The molecule has 2 fully saturated rings. The molecule has 3 heterocycles. The highest BCUT2D eigenvalue weighted by Gasteiger charge is 2.35. The summed E-state index contributed by atoms with van der Waals surface area (Å²) < 4.78 is 28.2. The molecule has 112 valence electrons. The molecule has 20 heavy (non-hydrogen) atoms. The fraction of sp³-hybridized carbons (Fsp3) is 0.769. The predicted molar refractivity (Wildman–Crippen MR) is 75.8 cm³/mol. The van der Waals surface area contributed by atoms with E-state index in [4.69, 9.17) is 0 Å². The number of rotatable bonds is 3. The molecule has 1 atom stereocenters. The van der Waals surface area contributed by atoms with Crippen LogP contribution in [-0.2, 0) is 17.1 Å². The second-order valence-electron chi connectivity index (χ2n) is 5.75. The summed E-state index contributed by atoms with van der Waals surface area (Å²) in [6.45, 7) is 3.48. The molecular formula is C13H22N4O2S. The highest BCUT2D eigenvalue weighted by atomic mass is 32.2. The van der Waals surface area contributed by atoms with Crippen molar-refractivity contribution in [3.05, 3.63) is 12.4 Å². The zero-order chi connectivity index (χ0) is 14.2. The molecule has 0 N–H and O–H groups in total. The Morgan fingerprint density at radius 1 is 1.20 bits per heavy atom. The van der Waals surface area contributed by atoms with Crippen LogP contribution in [0.3, 0.4) is 0 Å².